The lowest BCUT2D eigenvalue weighted by atomic mass is 10.0. The summed E-state index contributed by atoms with van der Waals surface area (Å²) >= 11 is 0. The maximum absolute atomic E-state index is 12.6. The number of nitrogens with zero attached hydrogens (tertiary/aromatic N) is 3. The lowest BCUT2D eigenvalue weighted by Gasteiger charge is -2.24. The zero-order valence-electron chi connectivity index (χ0n) is 23.8. The molecule has 7 heteroatoms. The maximum Gasteiger partial charge on any atom is 0.410 e. The van der Waals surface area contributed by atoms with Crippen molar-refractivity contribution >= 4 is 22.7 Å². The largest absolute Gasteiger partial charge is 0.497 e. The third kappa shape index (κ3) is 6.14. The van der Waals surface area contributed by atoms with Crippen LogP contribution in [0.1, 0.15) is 69.7 Å². The first-order chi connectivity index (χ1) is 18.1. The van der Waals surface area contributed by atoms with Gasteiger partial charge in [-0.25, -0.2) is 4.79 Å². The number of fused-ring (bicyclic) bond motifs is 1. The van der Waals surface area contributed by atoms with Crippen LogP contribution in [0.25, 0.3) is 10.9 Å². The number of methoxy groups -OCH3 is 2. The molecule has 7 nitrogen and oxygen atoms in total. The van der Waals surface area contributed by atoms with Crippen molar-refractivity contribution in [3.05, 3.63) is 59.3 Å². The molecule has 1 amide bonds. The molecular weight excluding hydrogens is 478 g/mol. The summed E-state index contributed by atoms with van der Waals surface area (Å²) in [6.45, 7) is 9.84. The summed E-state index contributed by atoms with van der Waals surface area (Å²) < 4.78 is 18.8. The lowest BCUT2D eigenvalue weighted by molar-refractivity contribution is 0.0292. The van der Waals surface area contributed by atoms with Crippen LogP contribution in [-0.2, 0) is 18.3 Å². The van der Waals surface area contributed by atoms with Gasteiger partial charge in [0.05, 0.1) is 20.8 Å². The molecule has 1 aliphatic rings. The number of amides is 1. The number of hydrogen-bond acceptors (Lipinski definition) is 5. The van der Waals surface area contributed by atoms with Crippen molar-refractivity contribution in [1.29, 1.82) is 0 Å². The molecule has 0 radical (unpaired) electrons. The number of ether oxygens (including phenoxy) is 3. The van der Waals surface area contributed by atoms with E-state index in [0.717, 1.165) is 47.6 Å². The van der Waals surface area contributed by atoms with Crippen LogP contribution in [0.5, 0.6) is 11.5 Å². The van der Waals surface area contributed by atoms with Crippen LogP contribution in [0.15, 0.2) is 47.5 Å². The minimum Gasteiger partial charge on any atom is -0.497 e. The summed E-state index contributed by atoms with van der Waals surface area (Å²) in [5.74, 6) is 1.84. The molecule has 38 heavy (non-hydrogen) atoms. The van der Waals surface area contributed by atoms with Gasteiger partial charge in [-0.1, -0.05) is 19.4 Å². The van der Waals surface area contributed by atoms with Crippen LogP contribution in [0.4, 0.5) is 4.79 Å². The molecule has 1 atom stereocenters. The smallest absolute Gasteiger partial charge is 0.410 e. The molecule has 4 rings (SSSR count). The van der Waals surface area contributed by atoms with Crippen LogP contribution < -0.4 is 9.47 Å². The Bertz CT molecular complexity index is 1320. The van der Waals surface area contributed by atoms with Crippen LogP contribution in [-0.4, -0.2) is 54.2 Å². The van der Waals surface area contributed by atoms with E-state index in [0.29, 0.717) is 19.6 Å². The Labute approximate surface area is 226 Å². The molecule has 2 heterocycles. The average molecular weight is 520 g/mol. The second-order valence-corrected chi connectivity index (χ2v) is 11.0. The summed E-state index contributed by atoms with van der Waals surface area (Å²) in [4.78, 5) is 19.4. The minimum absolute atomic E-state index is 0.227. The van der Waals surface area contributed by atoms with Crippen molar-refractivity contribution in [3.63, 3.8) is 0 Å². The molecule has 0 spiro atoms. The highest BCUT2D eigenvalue weighted by atomic mass is 16.6. The number of aryl methyl sites for hydroxylation is 1. The van der Waals surface area contributed by atoms with Gasteiger partial charge in [-0.2, -0.15) is 0 Å². The van der Waals surface area contributed by atoms with Crippen LogP contribution in [0.2, 0.25) is 0 Å². The summed E-state index contributed by atoms with van der Waals surface area (Å²) in [5.41, 5.74) is 5.22. The van der Waals surface area contributed by atoms with Gasteiger partial charge in [0.15, 0.2) is 0 Å². The highest BCUT2D eigenvalue weighted by molar-refractivity contribution is 6.03. The number of aromatic nitrogens is 1. The molecule has 2 aromatic carbocycles. The molecule has 3 aromatic rings. The van der Waals surface area contributed by atoms with Gasteiger partial charge in [-0.15, -0.1) is 0 Å². The van der Waals surface area contributed by atoms with E-state index < -0.39 is 5.60 Å². The van der Waals surface area contributed by atoms with E-state index in [9.17, 15) is 4.79 Å². The first-order valence-electron chi connectivity index (χ1n) is 13.5. The van der Waals surface area contributed by atoms with Gasteiger partial charge in [-0.3, -0.25) is 4.99 Å². The Morgan fingerprint density at radius 1 is 1.08 bits per heavy atom. The van der Waals surface area contributed by atoms with Crippen LogP contribution in [0.3, 0.4) is 0 Å². The first-order valence-corrected chi connectivity index (χ1v) is 13.5. The zero-order valence-corrected chi connectivity index (χ0v) is 23.8. The summed E-state index contributed by atoms with van der Waals surface area (Å²) in [6, 6.07) is 14.7. The van der Waals surface area contributed by atoms with E-state index in [1.165, 1.54) is 16.6 Å². The lowest BCUT2D eigenvalue weighted by Crippen LogP contribution is -2.35. The minimum atomic E-state index is -0.485. The SMILES string of the molecule is CCC/C(=N\Cc1ccc(OC)cc1OC)c1ccc2c(c1)cc(C1CCN(C(=O)OC(C)(C)C)C1)n2C. The maximum atomic E-state index is 12.6. The molecule has 0 N–H and O–H groups in total. The molecule has 1 fully saturated rings. The zero-order chi connectivity index (χ0) is 27.4. The average Bonchev–Trinajstić information content (AvgIpc) is 3.50. The monoisotopic (exact) mass is 519 g/mol. The fourth-order valence-corrected chi connectivity index (χ4v) is 5.15. The van der Waals surface area contributed by atoms with E-state index >= 15 is 0 Å². The molecule has 0 aliphatic carbocycles. The van der Waals surface area contributed by atoms with Gasteiger partial charge >= 0.3 is 6.09 Å². The number of benzene rings is 2. The van der Waals surface area contributed by atoms with E-state index in [-0.39, 0.29) is 12.0 Å². The molecule has 1 saturated heterocycles. The molecule has 1 aliphatic heterocycles. The molecule has 0 bridgehead atoms. The highest BCUT2D eigenvalue weighted by Gasteiger charge is 2.32. The Morgan fingerprint density at radius 3 is 2.55 bits per heavy atom. The molecule has 1 unspecified atom stereocenters. The van der Waals surface area contributed by atoms with E-state index in [1.807, 2.05) is 43.9 Å². The van der Waals surface area contributed by atoms with Gasteiger partial charge in [0.2, 0.25) is 0 Å². The summed E-state index contributed by atoms with van der Waals surface area (Å²) in [7, 11) is 5.44. The van der Waals surface area contributed by atoms with Crippen LogP contribution >= 0.6 is 0 Å². The molecule has 0 saturated carbocycles. The van der Waals surface area contributed by atoms with Gasteiger partial charge in [0.25, 0.3) is 0 Å². The Hall–Kier alpha value is -3.48. The first kappa shape index (κ1) is 27.6. The van der Waals surface area contributed by atoms with Crippen molar-refractivity contribution < 1.29 is 19.0 Å². The van der Waals surface area contributed by atoms with Gasteiger partial charge in [0, 0.05) is 60.0 Å². The number of hydrogen-bond donors (Lipinski definition) is 0. The number of likely N-dealkylation sites (tertiary alicyclic amines) is 1. The standard InChI is InChI=1S/C31H41N3O4/c1-8-9-26(32-19-22-10-12-25(36-6)18-29(22)37-7)21-11-13-27-24(16-21)17-28(33(27)5)23-14-15-34(20-23)30(35)38-31(2,3)4/h10-13,16-18,23H,8-9,14-15,19-20H2,1-7H3/b32-26+. The van der Waals surface area contributed by atoms with E-state index in [1.54, 1.807) is 14.2 Å². The van der Waals surface area contributed by atoms with Gasteiger partial charge in [0.1, 0.15) is 17.1 Å². The fourth-order valence-electron chi connectivity index (χ4n) is 5.15. The van der Waals surface area contributed by atoms with Crippen molar-refractivity contribution in [2.75, 3.05) is 27.3 Å². The normalized spacial score (nSPS) is 16.2. The second-order valence-electron chi connectivity index (χ2n) is 11.0. The predicted octanol–water partition coefficient (Wildman–Crippen LogP) is 6.71. The van der Waals surface area contributed by atoms with Crippen LogP contribution in [0, 0.1) is 0 Å². The Kier molecular flexibility index (Phi) is 8.34. The third-order valence-electron chi connectivity index (χ3n) is 7.09. The predicted molar refractivity (Wildman–Crippen MR) is 153 cm³/mol. The van der Waals surface area contributed by atoms with E-state index in [2.05, 4.69) is 42.8 Å². The van der Waals surface area contributed by atoms with Gasteiger partial charge in [-0.05, 0) is 69.5 Å². The Balaban J connectivity index is 1.57. The van der Waals surface area contributed by atoms with Crippen molar-refractivity contribution in [2.45, 2.75) is 65.0 Å². The topological polar surface area (TPSA) is 65.3 Å². The molecule has 204 valence electrons. The second kappa shape index (κ2) is 11.5. The molecule has 1 aromatic heterocycles. The highest BCUT2D eigenvalue weighted by Crippen LogP contribution is 2.33. The van der Waals surface area contributed by atoms with Crippen molar-refractivity contribution in [1.82, 2.24) is 9.47 Å². The summed E-state index contributed by atoms with van der Waals surface area (Å²) in [6.07, 6.45) is 2.62. The number of rotatable bonds is 8. The fraction of sp³-hybridized carbons (Fsp3) is 0.484. The number of carbonyl (C=O) groups is 1. The quantitative estimate of drug-likeness (QED) is 0.310. The number of carbonyl (C=O) groups excluding carboxylic acids is 1. The van der Waals surface area contributed by atoms with Crippen molar-refractivity contribution in [2.24, 2.45) is 12.0 Å². The third-order valence-corrected chi connectivity index (χ3v) is 7.09. The van der Waals surface area contributed by atoms with Crippen molar-refractivity contribution in [3.8, 4) is 11.5 Å². The number of aliphatic imine (C=N–C) groups is 1. The Morgan fingerprint density at radius 2 is 1.87 bits per heavy atom. The molecular formula is C31H41N3O4. The summed E-state index contributed by atoms with van der Waals surface area (Å²) in [5, 5.41) is 1.20. The van der Waals surface area contributed by atoms with Gasteiger partial charge < -0.3 is 23.7 Å². The van der Waals surface area contributed by atoms with E-state index in [4.69, 9.17) is 19.2 Å².